The second-order valence-electron chi connectivity index (χ2n) is 5.81. The van der Waals surface area contributed by atoms with Crippen LogP contribution in [-0.2, 0) is 20.9 Å². The molecule has 25 heavy (non-hydrogen) atoms. The Kier molecular flexibility index (Phi) is 7.12. The molecule has 0 spiro atoms. The van der Waals surface area contributed by atoms with Crippen LogP contribution in [0.5, 0.6) is 0 Å². The van der Waals surface area contributed by atoms with Crippen LogP contribution in [0.3, 0.4) is 0 Å². The molecule has 1 aliphatic rings. The number of carbonyl (C=O) groups is 1. The van der Waals surface area contributed by atoms with Crippen molar-refractivity contribution in [1.29, 1.82) is 0 Å². The number of rotatable bonds is 8. The Morgan fingerprint density at radius 2 is 2.08 bits per heavy atom. The largest absolute Gasteiger partial charge is 0.373 e. The first-order valence-corrected chi connectivity index (χ1v) is 7.90. The summed E-state index contributed by atoms with van der Waals surface area (Å²) in [6.45, 7) is -0.862. The third-order valence-corrected chi connectivity index (χ3v) is 3.84. The van der Waals surface area contributed by atoms with E-state index in [0.29, 0.717) is 32.5 Å². The highest BCUT2D eigenvalue weighted by Gasteiger charge is 2.41. The number of pyridine rings is 1. The highest BCUT2D eigenvalue weighted by atomic mass is 19.3. The lowest BCUT2D eigenvalue weighted by molar-refractivity contribution is -0.171. The van der Waals surface area contributed by atoms with E-state index in [2.05, 4.69) is 9.72 Å². The average molecular weight is 364 g/mol. The molecule has 9 heteroatoms. The molecule has 0 aliphatic carbocycles. The molecule has 0 bridgehead atoms. The van der Waals surface area contributed by atoms with E-state index in [4.69, 9.17) is 4.74 Å². The summed E-state index contributed by atoms with van der Waals surface area (Å²) in [6.07, 6.45) is 0.791. The zero-order chi connectivity index (χ0) is 18.3. The van der Waals surface area contributed by atoms with Gasteiger partial charge in [0.1, 0.15) is 13.2 Å². The molecule has 0 atom stereocenters. The van der Waals surface area contributed by atoms with Crippen LogP contribution in [0, 0.1) is 0 Å². The lowest BCUT2D eigenvalue weighted by Crippen LogP contribution is -2.43. The highest BCUT2D eigenvalue weighted by molar-refractivity contribution is 5.77. The van der Waals surface area contributed by atoms with Crippen molar-refractivity contribution in [2.24, 2.45) is 0 Å². The Morgan fingerprint density at radius 1 is 1.36 bits per heavy atom. The second-order valence-corrected chi connectivity index (χ2v) is 5.81. The van der Waals surface area contributed by atoms with Crippen LogP contribution >= 0.6 is 0 Å². The molecule has 1 saturated heterocycles. The van der Waals surface area contributed by atoms with E-state index in [-0.39, 0.29) is 6.10 Å². The number of piperidine rings is 1. The van der Waals surface area contributed by atoms with Gasteiger partial charge in [-0.2, -0.15) is 8.78 Å². The van der Waals surface area contributed by atoms with Gasteiger partial charge in [-0.3, -0.25) is 9.78 Å². The number of ether oxygens (including phenoxy) is 2. The van der Waals surface area contributed by atoms with Gasteiger partial charge in [-0.15, -0.1) is 0 Å². The van der Waals surface area contributed by atoms with E-state index in [1.807, 2.05) is 12.1 Å². The van der Waals surface area contributed by atoms with E-state index in [1.54, 1.807) is 12.4 Å². The van der Waals surface area contributed by atoms with Gasteiger partial charge < -0.3 is 14.4 Å². The molecule has 1 aromatic rings. The molecular formula is C16H20F4N2O3. The summed E-state index contributed by atoms with van der Waals surface area (Å²) in [4.78, 5) is 17.3. The van der Waals surface area contributed by atoms with Crippen molar-refractivity contribution in [1.82, 2.24) is 9.88 Å². The van der Waals surface area contributed by atoms with Gasteiger partial charge in [0.15, 0.2) is 0 Å². The van der Waals surface area contributed by atoms with Crippen LogP contribution in [0.25, 0.3) is 0 Å². The van der Waals surface area contributed by atoms with Gasteiger partial charge in [0.2, 0.25) is 5.91 Å². The van der Waals surface area contributed by atoms with Crippen LogP contribution in [0.2, 0.25) is 0 Å². The number of nitrogens with zero attached hydrogens (tertiary/aromatic N) is 2. The number of amides is 1. The van der Waals surface area contributed by atoms with E-state index >= 15 is 0 Å². The molecular weight excluding hydrogens is 344 g/mol. The molecule has 0 radical (unpaired) electrons. The Labute approximate surface area is 142 Å². The summed E-state index contributed by atoms with van der Waals surface area (Å²) < 4.78 is 59.6. The number of likely N-dealkylation sites (tertiary alicyclic amines) is 1. The quantitative estimate of drug-likeness (QED) is 0.665. The number of alkyl halides is 4. The summed E-state index contributed by atoms with van der Waals surface area (Å²) in [6, 6.07) is 3.72. The highest BCUT2D eigenvalue weighted by Crippen LogP contribution is 2.23. The Bertz CT molecular complexity index is 537. The standard InChI is InChI=1S/C16H20F4N2O3/c17-15(18)16(19,20)11-24-10-14(23)22-6-3-13(4-7-22)25-9-12-2-1-5-21-8-12/h1-2,5,8,13,15H,3-4,6-7,9-11H2. The maximum absolute atomic E-state index is 12.7. The average Bonchev–Trinajstić information content (AvgIpc) is 2.61. The first-order chi connectivity index (χ1) is 11.9. The van der Waals surface area contributed by atoms with Crippen molar-refractivity contribution >= 4 is 5.91 Å². The minimum atomic E-state index is -4.24. The zero-order valence-electron chi connectivity index (χ0n) is 13.5. The molecule has 1 fully saturated rings. The molecule has 0 saturated carbocycles. The number of hydrogen-bond acceptors (Lipinski definition) is 4. The van der Waals surface area contributed by atoms with Crippen molar-refractivity contribution in [2.75, 3.05) is 26.3 Å². The fraction of sp³-hybridized carbons (Fsp3) is 0.625. The van der Waals surface area contributed by atoms with Crippen LogP contribution < -0.4 is 0 Å². The fourth-order valence-electron chi connectivity index (χ4n) is 2.40. The van der Waals surface area contributed by atoms with Gasteiger partial charge in [-0.05, 0) is 24.5 Å². The van der Waals surface area contributed by atoms with Crippen LogP contribution in [0.4, 0.5) is 17.6 Å². The maximum Gasteiger partial charge on any atom is 0.330 e. The van der Waals surface area contributed by atoms with Gasteiger partial charge in [0, 0.05) is 25.5 Å². The predicted molar refractivity (Wildman–Crippen MR) is 80.4 cm³/mol. The van der Waals surface area contributed by atoms with E-state index in [9.17, 15) is 22.4 Å². The van der Waals surface area contributed by atoms with Crippen LogP contribution in [-0.4, -0.2) is 60.5 Å². The molecule has 140 valence electrons. The van der Waals surface area contributed by atoms with E-state index in [1.165, 1.54) is 4.90 Å². The molecule has 2 rings (SSSR count). The molecule has 5 nitrogen and oxygen atoms in total. The summed E-state index contributed by atoms with van der Waals surface area (Å²) in [5.41, 5.74) is 0.953. The molecule has 0 unspecified atom stereocenters. The van der Waals surface area contributed by atoms with Crippen molar-refractivity contribution in [3.8, 4) is 0 Å². The topological polar surface area (TPSA) is 51.7 Å². The SMILES string of the molecule is O=C(COCC(F)(F)C(F)F)N1CCC(OCc2cccnc2)CC1. The lowest BCUT2D eigenvalue weighted by Gasteiger charge is -2.32. The molecule has 2 heterocycles. The smallest absolute Gasteiger partial charge is 0.330 e. The van der Waals surface area contributed by atoms with Gasteiger partial charge in [-0.1, -0.05) is 6.07 Å². The van der Waals surface area contributed by atoms with Crippen LogP contribution in [0.1, 0.15) is 18.4 Å². The van der Waals surface area contributed by atoms with Gasteiger partial charge in [0.05, 0.1) is 12.7 Å². The molecule has 1 aromatic heterocycles. The second kappa shape index (κ2) is 9.10. The zero-order valence-corrected chi connectivity index (χ0v) is 13.5. The Hall–Kier alpha value is -1.74. The lowest BCUT2D eigenvalue weighted by atomic mass is 10.1. The van der Waals surface area contributed by atoms with E-state index in [0.717, 1.165) is 5.56 Å². The monoisotopic (exact) mass is 364 g/mol. The number of halogens is 4. The predicted octanol–water partition coefficient (Wildman–Crippen LogP) is 2.51. The van der Waals surface area contributed by atoms with Crippen molar-refractivity contribution in [3.63, 3.8) is 0 Å². The van der Waals surface area contributed by atoms with Gasteiger partial charge >= 0.3 is 12.3 Å². The van der Waals surface area contributed by atoms with Crippen LogP contribution in [0.15, 0.2) is 24.5 Å². The summed E-state index contributed by atoms with van der Waals surface area (Å²) in [5.74, 6) is -4.73. The molecule has 0 N–H and O–H groups in total. The summed E-state index contributed by atoms with van der Waals surface area (Å²) in [5, 5.41) is 0. The third kappa shape index (κ3) is 6.24. The van der Waals surface area contributed by atoms with Gasteiger partial charge in [-0.25, -0.2) is 8.78 Å². The Morgan fingerprint density at radius 3 is 2.68 bits per heavy atom. The van der Waals surface area contributed by atoms with Crippen molar-refractivity contribution in [3.05, 3.63) is 30.1 Å². The Balaban J connectivity index is 1.65. The first-order valence-electron chi connectivity index (χ1n) is 7.90. The van der Waals surface area contributed by atoms with Gasteiger partial charge in [0.25, 0.3) is 0 Å². The molecule has 0 aromatic carbocycles. The number of aromatic nitrogens is 1. The first kappa shape index (κ1) is 19.6. The van der Waals surface area contributed by atoms with E-state index < -0.39 is 31.5 Å². The maximum atomic E-state index is 12.7. The normalized spacial score (nSPS) is 16.4. The minimum absolute atomic E-state index is 0.00617. The number of carbonyl (C=O) groups excluding carboxylic acids is 1. The molecule has 1 aliphatic heterocycles. The summed E-state index contributed by atoms with van der Waals surface area (Å²) in [7, 11) is 0. The molecule has 1 amide bonds. The fourth-order valence-corrected chi connectivity index (χ4v) is 2.40. The van der Waals surface area contributed by atoms with Crippen molar-refractivity contribution < 1.29 is 31.8 Å². The summed E-state index contributed by atoms with van der Waals surface area (Å²) >= 11 is 0. The minimum Gasteiger partial charge on any atom is -0.373 e. The number of hydrogen-bond donors (Lipinski definition) is 0. The third-order valence-electron chi connectivity index (χ3n) is 3.84. The van der Waals surface area contributed by atoms with Crippen molar-refractivity contribution in [2.45, 2.75) is 37.9 Å².